The van der Waals surface area contributed by atoms with Gasteiger partial charge in [-0.2, -0.15) is 15.0 Å². The van der Waals surface area contributed by atoms with Crippen molar-refractivity contribution < 1.29 is 23.4 Å². The Hall–Kier alpha value is -3.86. The molecule has 0 saturated carbocycles. The Labute approximate surface area is 229 Å². The predicted octanol–water partition coefficient (Wildman–Crippen LogP) is 5.03. The van der Waals surface area contributed by atoms with Gasteiger partial charge in [0.25, 0.3) is 5.91 Å². The first kappa shape index (κ1) is 28.2. The number of oxazole rings is 1. The maximum Gasteiger partial charge on any atom is 0.399 e. The number of aromatic nitrogens is 3. The molecule has 1 unspecified atom stereocenters. The lowest BCUT2D eigenvalue weighted by atomic mass is 9.86. The number of hydrogen-bond acceptors (Lipinski definition) is 10. The van der Waals surface area contributed by atoms with Gasteiger partial charge in [-0.3, -0.25) is 9.69 Å². The van der Waals surface area contributed by atoms with E-state index in [2.05, 4.69) is 64.2 Å². The first-order chi connectivity index (χ1) is 18.6. The van der Waals surface area contributed by atoms with Crippen LogP contribution in [0.25, 0.3) is 0 Å². The first-order valence-corrected chi connectivity index (χ1v) is 13.2. The summed E-state index contributed by atoms with van der Waals surface area (Å²) < 4.78 is 22.2. The topological polar surface area (TPSA) is 124 Å². The number of carbonyl (C=O) groups excluding carboxylic acids is 1. The molecule has 1 atom stereocenters. The van der Waals surface area contributed by atoms with Crippen LogP contribution in [0.3, 0.4) is 0 Å². The molecule has 1 fully saturated rings. The molecule has 0 spiro atoms. The Balaban J connectivity index is 1.47. The summed E-state index contributed by atoms with van der Waals surface area (Å²) in [7, 11) is 2.93. The highest BCUT2D eigenvalue weighted by Crippen LogP contribution is 2.34. The molecule has 2 N–H and O–H groups in total. The minimum atomic E-state index is -0.556. The summed E-state index contributed by atoms with van der Waals surface area (Å²) in [6, 6.07) is 6.42. The second-order valence-corrected chi connectivity index (χ2v) is 10.5. The lowest BCUT2D eigenvalue weighted by molar-refractivity contribution is 0.102. The highest BCUT2D eigenvalue weighted by Gasteiger charge is 2.25. The summed E-state index contributed by atoms with van der Waals surface area (Å²) in [6.07, 6.45) is 3.48. The van der Waals surface area contributed by atoms with Crippen LogP contribution in [0.2, 0.25) is 0 Å². The van der Waals surface area contributed by atoms with Gasteiger partial charge in [0, 0.05) is 12.6 Å². The van der Waals surface area contributed by atoms with E-state index in [1.165, 1.54) is 26.9 Å². The van der Waals surface area contributed by atoms with E-state index in [1.807, 2.05) is 19.1 Å². The number of rotatable bonds is 10. The number of nitrogens with one attached hydrogen (secondary N) is 2. The first-order valence-electron chi connectivity index (χ1n) is 13.2. The van der Waals surface area contributed by atoms with Crippen LogP contribution in [0.1, 0.15) is 62.2 Å². The quantitative estimate of drug-likeness (QED) is 0.363. The average Bonchev–Trinajstić information content (AvgIpc) is 3.57. The Kier molecular flexibility index (Phi) is 8.59. The molecule has 1 saturated heterocycles. The van der Waals surface area contributed by atoms with Crippen molar-refractivity contribution in [1.82, 2.24) is 19.9 Å². The van der Waals surface area contributed by atoms with Crippen molar-refractivity contribution in [2.75, 3.05) is 44.5 Å². The van der Waals surface area contributed by atoms with Crippen LogP contribution in [0.5, 0.6) is 23.6 Å². The number of amides is 1. The normalized spacial score (nSPS) is 15.7. The van der Waals surface area contributed by atoms with E-state index in [0.29, 0.717) is 24.3 Å². The fraction of sp³-hybridized carbons (Fsp3) is 0.500. The number of ether oxygens (including phenoxy) is 3. The largest absolute Gasteiger partial charge is 0.479 e. The molecule has 3 aromatic rings. The zero-order chi connectivity index (χ0) is 28.2. The third-order valence-electron chi connectivity index (χ3n) is 6.84. The summed E-state index contributed by atoms with van der Waals surface area (Å²) in [5, 5.41) is 6.00. The SMILES string of the molecule is CCN1CCCC1CNc1nc(OC)c(NC(=O)c2coc(Oc3cc(C(C)(C)C)ccc3C)n2)c(OC)n1. The molecule has 1 aliphatic heterocycles. The Morgan fingerprint density at radius 3 is 2.51 bits per heavy atom. The lowest BCUT2D eigenvalue weighted by Crippen LogP contribution is -2.35. The second kappa shape index (κ2) is 11.9. The number of nitrogens with zero attached hydrogens (tertiary/aromatic N) is 4. The number of carbonyl (C=O) groups is 1. The van der Waals surface area contributed by atoms with Gasteiger partial charge in [0.15, 0.2) is 11.4 Å². The monoisotopic (exact) mass is 538 g/mol. The van der Waals surface area contributed by atoms with Crippen LogP contribution in [0, 0.1) is 6.92 Å². The molecule has 1 aromatic carbocycles. The number of hydrogen-bond donors (Lipinski definition) is 2. The maximum absolute atomic E-state index is 13.0. The summed E-state index contributed by atoms with van der Waals surface area (Å²) >= 11 is 0. The van der Waals surface area contributed by atoms with Gasteiger partial charge in [-0.05, 0) is 55.5 Å². The van der Waals surface area contributed by atoms with Gasteiger partial charge in [-0.15, -0.1) is 0 Å². The van der Waals surface area contributed by atoms with Crippen LogP contribution >= 0.6 is 0 Å². The van der Waals surface area contributed by atoms with Crippen LogP contribution in [-0.4, -0.2) is 65.7 Å². The predicted molar refractivity (Wildman–Crippen MR) is 148 cm³/mol. The van der Waals surface area contributed by atoms with E-state index in [1.54, 1.807) is 0 Å². The van der Waals surface area contributed by atoms with Gasteiger partial charge in [-0.25, -0.2) is 0 Å². The number of likely N-dealkylation sites (tertiary alicyclic amines) is 1. The number of aryl methyl sites for hydroxylation is 1. The van der Waals surface area contributed by atoms with Crippen molar-refractivity contribution in [2.24, 2.45) is 0 Å². The van der Waals surface area contributed by atoms with E-state index in [4.69, 9.17) is 18.6 Å². The van der Waals surface area contributed by atoms with Gasteiger partial charge < -0.3 is 29.3 Å². The molecule has 11 heteroatoms. The molecule has 39 heavy (non-hydrogen) atoms. The molecule has 1 aliphatic rings. The Morgan fingerprint density at radius 2 is 1.87 bits per heavy atom. The molecule has 0 bridgehead atoms. The fourth-order valence-corrected chi connectivity index (χ4v) is 4.51. The van der Waals surface area contributed by atoms with Crippen LogP contribution < -0.4 is 24.8 Å². The standard InChI is InChI=1S/C28H38N6O5/c1-8-34-13-9-10-19(34)15-29-26-32-24(36-6)22(25(33-26)37-7)31-23(35)20-16-38-27(30-20)39-21-14-18(28(3,4)5)12-11-17(21)2/h11-12,14,16,19H,8-10,13,15H2,1-7H3,(H,31,35)(H,29,32,33). The van der Waals surface area contributed by atoms with E-state index in [0.717, 1.165) is 30.6 Å². The van der Waals surface area contributed by atoms with Crippen molar-refractivity contribution in [2.45, 2.75) is 58.9 Å². The van der Waals surface area contributed by atoms with E-state index in [9.17, 15) is 4.79 Å². The minimum absolute atomic E-state index is 0.0156. The van der Waals surface area contributed by atoms with Crippen LogP contribution in [0.15, 0.2) is 28.9 Å². The molecule has 0 radical (unpaired) electrons. The van der Waals surface area contributed by atoms with E-state index in [-0.39, 0.29) is 34.6 Å². The maximum atomic E-state index is 13.0. The molecule has 0 aliphatic carbocycles. The number of methoxy groups -OCH3 is 2. The molecule has 210 valence electrons. The average molecular weight is 539 g/mol. The van der Waals surface area contributed by atoms with Gasteiger partial charge in [-0.1, -0.05) is 39.8 Å². The third kappa shape index (κ3) is 6.59. The molecule has 4 rings (SSSR count). The Morgan fingerprint density at radius 1 is 1.15 bits per heavy atom. The van der Waals surface area contributed by atoms with Crippen LogP contribution in [-0.2, 0) is 5.41 Å². The highest BCUT2D eigenvalue weighted by atomic mass is 16.6. The van der Waals surface area contributed by atoms with Crippen molar-refractivity contribution in [3.8, 4) is 23.6 Å². The number of anilines is 2. The van der Waals surface area contributed by atoms with Crippen LogP contribution in [0.4, 0.5) is 11.6 Å². The summed E-state index contributed by atoms with van der Waals surface area (Å²) in [5.41, 5.74) is 2.18. The zero-order valence-corrected chi connectivity index (χ0v) is 23.8. The second-order valence-electron chi connectivity index (χ2n) is 10.5. The highest BCUT2D eigenvalue weighted by molar-refractivity contribution is 6.04. The molecule has 3 heterocycles. The van der Waals surface area contributed by atoms with Crippen molar-refractivity contribution in [3.05, 3.63) is 41.3 Å². The molecular weight excluding hydrogens is 500 g/mol. The fourth-order valence-electron chi connectivity index (χ4n) is 4.51. The van der Waals surface area contributed by atoms with Gasteiger partial charge in [0.05, 0.1) is 14.2 Å². The lowest BCUT2D eigenvalue weighted by Gasteiger charge is -2.23. The summed E-state index contributed by atoms with van der Waals surface area (Å²) in [6.45, 7) is 13.3. The van der Waals surface area contributed by atoms with E-state index < -0.39 is 5.91 Å². The minimum Gasteiger partial charge on any atom is -0.479 e. The van der Waals surface area contributed by atoms with Crippen molar-refractivity contribution >= 4 is 17.5 Å². The summed E-state index contributed by atoms with van der Waals surface area (Å²) in [4.78, 5) is 28.5. The van der Waals surface area contributed by atoms with Gasteiger partial charge in [0.1, 0.15) is 12.0 Å². The smallest absolute Gasteiger partial charge is 0.399 e. The molecule has 11 nitrogen and oxygen atoms in total. The zero-order valence-electron chi connectivity index (χ0n) is 23.8. The van der Waals surface area contributed by atoms with Crippen molar-refractivity contribution in [3.63, 3.8) is 0 Å². The molecule has 1 amide bonds. The van der Waals surface area contributed by atoms with Gasteiger partial charge >= 0.3 is 6.08 Å². The number of likely N-dealkylation sites (N-methyl/N-ethyl adjacent to an activating group) is 1. The molecular formula is C28H38N6O5. The van der Waals surface area contributed by atoms with E-state index >= 15 is 0 Å². The molecule has 2 aromatic heterocycles. The van der Waals surface area contributed by atoms with Crippen molar-refractivity contribution in [1.29, 1.82) is 0 Å². The number of benzene rings is 1. The summed E-state index contributed by atoms with van der Waals surface area (Å²) in [5.74, 6) is 0.724. The third-order valence-corrected chi connectivity index (χ3v) is 6.84. The van der Waals surface area contributed by atoms with Gasteiger partial charge in [0.2, 0.25) is 17.7 Å². The Bertz CT molecular complexity index is 1280.